The van der Waals surface area contributed by atoms with Crippen molar-refractivity contribution in [2.45, 2.75) is 44.9 Å². The minimum Gasteiger partial charge on any atom is -0.143 e. The van der Waals surface area contributed by atoms with E-state index in [2.05, 4.69) is 45.5 Å². The van der Waals surface area contributed by atoms with Crippen molar-refractivity contribution in [2.24, 2.45) is 0 Å². The molecule has 0 unspecified atom stereocenters. The summed E-state index contributed by atoms with van der Waals surface area (Å²) in [6.07, 6.45) is 3.31. The minimum absolute atomic E-state index is 1.09. The standard InChI is InChI=1S/C12H18S/c1-4-9-7-10(5-2)11(6-3)12(13)8-9/h7-8,13H,4-6H2,1-3H3. The van der Waals surface area contributed by atoms with Crippen LogP contribution >= 0.6 is 12.6 Å². The summed E-state index contributed by atoms with van der Waals surface area (Å²) in [5.41, 5.74) is 4.29. The highest BCUT2D eigenvalue weighted by Crippen LogP contribution is 2.22. The Labute approximate surface area is 86.8 Å². The van der Waals surface area contributed by atoms with Crippen LogP contribution in [0.25, 0.3) is 0 Å². The molecule has 0 saturated heterocycles. The topological polar surface area (TPSA) is 0 Å². The molecular formula is C12H18S. The van der Waals surface area contributed by atoms with Crippen LogP contribution in [0, 0.1) is 0 Å². The molecule has 0 fully saturated rings. The molecule has 0 spiro atoms. The third-order valence-electron chi connectivity index (χ3n) is 2.52. The van der Waals surface area contributed by atoms with Crippen molar-refractivity contribution in [3.05, 3.63) is 28.8 Å². The number of benzene rings is 1. The first-order chi connectivity index (χ1) is 6.22. The van der Waals surface area contributed by atoms with E-state index in [1.165, 1.54) is 21.6 Å². The lowest BCUT2D eigenvalue weighted by Gasteiger charge is -2.11. The predicted octanol–water partition coefficient (Wildman–Crippen LogP) is 3.66. The Morgan fingerprint density at radius 1 is 1.00 bits per heavy atom. The summed E-state index contributed by atoms with van der Waals surface area (Å²) < 4.78 is 0. The summed E-state index contributed by atoms with van der Waals surface area (Å²) in [6.45, 7) is 6.59. The minimum atomic E-state index is 1.09. The van der Waals surface area contributed by atoms with E-state index in [1.54, 1.807) is 0 Å². The summed E-state index contributed by atoms with van der Waals surface area (Å²) in [5, 5.41) is 0. The van der Waals surface area contributed by atoms with E-state index in [4.69, 9.17) is 0 Å². The van der Waals surface area contributed by atoms with Crippen LogP contribution in [0.1, 0.15) is 37.5 Å². The first kappa shape index (κ1) is 10.6. The number of aryl methyl sites for hydroxylation is 2. The second kappa shape index (κ2) is 4.71. The molecular weight excluding hydrogens is 176 g/mol. The Hall–Kier alpha value is -0.430. The second-order valence-corrected chi connectivity index (χ2v) is 3.80. The van der Waals surface area contributed by atoms with Gasteiger partial charge in [0.15, 0.2) is 0 Å². The molecule has 1 aromatic rings. The number of hydrogen-bond donors (Lipinski definition) is 1. The summed E-state index contributed by atoms with van der Waals surface area (Å²) in [6, 6.07) is 4.51. The highest BCUT2D eigenvalue weighted by Gasteiger charge is 2.04. The average molecular weight is 194 g/mol. The summed E-state index contributed by atoms with van der Waals surface area (Å²) in [5.74, 6) is 0. The first-order valence-corrected chi connectivity index (χ1v) is 5.51. The molecule has 0 N–H and O–H groups in total. The van der Waals surface area contributed by atoms with Crippen molar-refractivity contribution < 1.29 is 0 Å². The van der Waals surface area contributed by atoms with Gasteiger partial charge in [-0.15, -0.1) is 12.6 Å². The van der Waals surface area contributed by atoms with Crippen LogP contribution in [0.3, 0.4) is 0 Å². The summed E-state index contributed by atoms with van der Waals surface area (Å²) in [4.78, 5) is 1.17. The van der Waals surface area contributed by atoms with Gasteiger partial charge in [0, 0.05) is 4.90 Å². The summed E-state index contributed by atoms with van der Waals surface area (Å²) in [7, 11) is 0. The van der Waals surface area contributed by atoms with Gasteiger partial charge in [-0.05, 0) is 42.0 Å². The van der Waals surface area contributed by atoms with Crippen molar-refractivity contribution in [1.82, 2.24) is 0 Å². The van der Waals surface area contributed by atoms with E-state index in [0.29, 0.717) is 0 Å². The Morgan fingerprint density at radius 2 is 1.69 bits per heavy atom. The third-order valence-corrected chi connectivity index (χ3v) is 2.92. The third kappa shape index (κ3) is 2.28. The van der Waals surface area contributed by atoms with E-state index in [9.17, 15) is 0 Å². The van der Waals surface area contributed by atoms with Crippen LogP contribution in [0.15, 0.2) is 17.0 Å². The van der Waals surface area contributed by atoms with Crippen molar-refractivity contribution in [1.29, 1.82) is 0 Å². The van der Waals surface area contributed by atoms with Gasteiger partial charge in [0.05, 0.1) is 0 Å². The molecule has 1 aromatic carbocycles. The molecule has 0 heterocycles. The maximum Gasteiger partial charge on any atom is 0.00774 e. The normalized spacial score (nSPS) is 10.5. The van der Waals surface area contributed by atoms with Crippen molar-refractivity contribution in [3.8, 4) is 0 Å². The van der Waals surface area contributed by atoms with Gasteiger partial charge in [0.1, 0.15) is 0 Å². The van der Waals surface area contributed by atoms with Crippen molar-refractivity contribution >= 4 is 12.6 Å². The number of rotatable bonds is 3. The van der Waals surface area contributed by atoms with Gasteiger partial charge in [-0.1, -0.05) is 26.8 Å². The maximum absolute atomic E-state index is 4.53. The molecule has 0 aliphatic heterocycles. The van der Waals surface area contributed by atoms with Gasteiger partial charge in [-0.25, -0.2) is 0 Å². The van der Waals surface area contributed by atoms with Gasteiger partial charge < -0.3 is 0 Å². The molecule has 0 atom stereocenters. The van der Waals surface area contributed by atoms with E-state index in [0.717, 1.165) is 19.3 Å². The highest BCUT2D eigenvalue weighted by atomic mass is 32.1. The van der Waals surface area contributed by atoms with Crippen molar-refractivity contribution in [2.75, 3.05) is 0 Å². The smallest absolute Gasteiger partial charge is 0.00774 e. The lowest BCUT2D eigenvalue weighted by molar-refractivity contribution is 0.976. The van der Waals surface area contributed by atoms with E-state index >= 15 is 0 Å². The van der Waals surface area contributed by atoms with Crippen LogP contribution in [0.2, 0.25) is 0 Å². The molecule has 72 valence electrons. The second-order valence-electron chi connectivity index (χ2n) is 3.31. The van der Waals surface area contributed by atoms with E-state index in [-0.39, 0.29) is 0 Å². The molecule has 1 heteroatoms. The molecule has 0 bridgehead atoms. The van der Waals surface area contributed by atoms with E-state index < -0.39 is 0 Å². The zero-order valence-electron chi connectivity index (χ0n) is 8.72. The van der Waals surface area contributed by atoms with Crippen LogP contribution in [-0.4, -0.2) is 0 Å². The van der Waals surface area contributed by atoms with Crippen LogP contribution in [-0.2, 0) is 19.3 Å². The molecule has 0 nitrogen and oxygen atoms in total. The Morgan fingerprint density at radius 3 is 2.15 bits per heavy atom. The number of thiol groups is 1. The molecule has 0 aliphatic carbocycles. The largest absolute Gasteiger partial charge is 0.143 e. The summed E-state index contributed by atoms with van der Waals surface area (Å²) >= 11 is 4.53. The van der Waals surface area contributed by atoms with Crippen LogP contribution in [0.4, 0.5) is 0 Å². The molecule has 0 aromatic heterocycles. The molecule has 1 rings (SSSR count). The fourth-order valence-corrected chi connectivity index (χ4v) is 2.18. The fourth-order valence-electron chi connectivity index (χ4n) is 1.71. The van der Waals surface area contributed by atoms with Gasteiger partial charge >= 0.3 is 0 Å². The Kier molecular flexibility index (Phi) is 3.86. The zero-order valence-corrected chi connectivity index (χ0v) is 9.62. The highest BCUT2D eigenvalue weighted by molar-refractivity contribution is 7.80. The lowest BCUT2D eigenvalue weighted by atomic mass is 9.99. The molecule has 0 amide bonds. The van der Waals surface area contributed by atoms with Crippen LogP contribution in [0.5, 0.6) is 0 Å². The fraction of sp³-hybridized carbons (Fsp3) is 0.500. The molecule has 0 aliphatic rings. The molecule has 0 radical (unpaired) electrons. The first-order valence-electron chi connectivity index (χ1n) is 5.06. The van der Waals surface area contributed by atoms with Gasteiger partial charge in [0.2, 0.25) is 0 Å². The zero-order chi connectivity index (χ0) is 9.84. The number of hydrogen-bond acceptors (Lipinski definition) is 1. The molecule has 13 heavy (non-hydrogen) atoms. The maximum atomic E-state index is 4.53. The lowest BCUT2D eigenvalue weighted by Crippen LogP contribution is -1.95. The van der Waals surface area contributed by atoms with Crippen molar-refractivity contribution in [3.63, 3.8) is 0 Å². The van der Waals surface area contributed by atoms with Crippen LogP contribution < -0.4 is 0 Å². The van der Waals surface area contributed by atoms with Gasteiger partial charge in [0.25, 0.3) is 0 Å². The van der Waals surface area contributed by atoms with E-state index in [1.807, 2.05) is 0 Å². The quantitative estimate of drug-likeness (QED) is 0.697. The Balaban J connectivity index is 3.20. The van der Waals surface area contributed by atoms with Gasteiger partial charge in [-0.2, -0.15) is 0 Å². The molecule has 0 saturated carbocycles. The van der Waals surface area contributed by atoms with Gasteiger partial charge in [-0.3, -0.25) is 0 Å². The predicted molar refractivity (Wildman–Crippen MR) is 61.8 cm³/mol. The average Bonchev–Trinajstić information content (AvgIpc) is 2.16. The SMILES string of the molecule is CCc1cc(S)c(CC)c(CC)c1. The monoisotopic (exact) mass is 194 g/mol. The Bertz CT molecular complexity index is 289.